The van der Waals surface area contributed by atoms with Crippen molar-refractivity contribution in [2.45, 2.75) is 46.8 Å². The fourth-order valence-corrected chi connectivity index (χ4v) is 3.17. The minimum Gasteiger partial charge on any atom is -0.369 e. The smallest absolute Gasteiger partial charge is 0.164 e. The van der Waals surface area contributed by atoms with E-state index in [1.54, 1.807) is 11.9 Å². The summed E-state index contributed by atoms with van der Waals surface area (Å²) in [6.45, 7) is 10.1. The molecule has 1 N–H and O–H groups in total. The molecule has 0 saturated carbocycles. The molecule has 0 fully saturated rings. The summed E-state index contributed by atoms with van der Waals surface area (Å²) in [6.07, 6.45) is 0.898. The largest absolute Gasteiger partial charge is 0.369 e. The molecule has 21 heavy (non-hydrogen) atoms. The summed E-state index contributed by atoms with van der Waals surface area (Å²) in [6, 6.07) is 8.01. The molecule has 1 aromatic carbocycles. The van der Waals surface area contributed by atoms with Gasteiger partial charge in [0.2, 0.25) is 0 Å². The molecule has 0 bridgehead atoms. The third kappa shape index (κ3) is 3.16. The van der Waals surface area contributed by atoms with E-state index < -0.39 is 5.72 Å². The van der Waals surface area contributed by atoms with Crippen molar-refractivity contribution >= 4 is 22.9 Å². The molecule has 0 saturated heterocycles. The molecule has 114 valence electrons. The fourth-order valence-electron chi connectivity index (χ4n) is 2.81. The Balaban J connectivity index is 2.28. The molecular weight excluding hydrogens is 280 g/mol. The highest BCUT2D eigenvalue weighted by Crippen LogP contribution is 2.36. The summed E-state index contributed by atoms with van der Waals surface area (Å²) in [5.41, 5.74) is 1.99. The highest BCUT2D eigenvalue weighted by Gasteiger charge is 2.46. The standard InChI is InChI=1S/C17H24N2OS/c1-11(2)10-15-13(4)18-19(17(15,5)20)16(21)14-8-6-12(3)7-9-14/h6-9,11,15,20H,10H2,1-5H3/t15-,17-/m0/s1. The number of thiocarbonyl (C=S) groups is 1. The number of hydrazone groups is 1. The van der Waals surface area contributed by atoms with E-state index >= 15 is 0 Å². The third-order valence-electron chi connectivity index (χ3n) is 4.05. The van der Waals surface area contributed by atoms with Crippen molar-refractivity contribution in [3.05, 3.63) is 35.4 Å². The second kappa shape index (κ2) is 5.85. The van der Waals surface area contributed by atoms with Crippen LogP contribution in [0.5, 0.6) is 0 Å². The molecule has 1 aliphatic heterocycles. The van der Waals surface area contributed by atoms with Crippen LogP contribution in [-0.2, 0) is 0 Å². The Bertz CT molecular complexity index is 561. The van der Waals surface area contributed by atoms with Gasteiger partial charge >= 0.3 is 0 Å². The number of aliphatic hydroxyl groups is 1. The molecule has 1 aromatic rings. The maximum absolute atomic E-state index is 10.9. The van der Waals surface area contributed by atoms with E-state index in [4.69, 9.17) is 12.2 Å². The van der Waals surface area contributed by atoms with Crippen LogP contribution in [0.3, 0.4) is 0 Å². The Morgan fingerprint density at radius 1 is 1.33 bits per heavy atom. The SMILES string of the molecule is CC1=NN(C(=S)c2ccc(C)cc2)[C@@](C)(O)[C@H]1CC(C)C. The highest BCUT2D eigenvalue weighted by atomic mass is 32.1. The molecule has 1 heterocycles. The average Bonchev–Trinajstić information content (AvgIpc) is 2.62. The molecule has 0 radical (unpaired) electrons. The molecule has 0 spiro atoms. The maximum Gasteiger partial charge on any atom is 0.164 e. The van der Waals surface area contributed by atoms with Crippen molar-refractivity contribution in [1.29, 1.82) is 0 Å². The number of benzene rings is 1. The van der Waals surface area contributed by atoms with Crippen LogP contribution in [-0.4, -0.2) is 26.5 Å². The number of nitrogens with zero attached hydrogens (tertiary/aromatic N) is 2. The Kier molecular flexibility index (Phi) is 4.49. The lowest BCUT2D eigenvalue weighted by atomic mass is 9.86. The molecule has 0 aromatic heterocycles. The van der Waals surface area contributed by atoms with Crippen LogP contribution in [0.15, 0.2) is 29.4 Å². The normalized spacial score (nSPS) is 25.4. The van der Waals surface area contributed by atoms with Gasteiger partial charge in [0.15, 0.2) is 5.72 Å². The molecular formula is C17H24N2OS. The highest BCUT2D eigenvalue weighted by molar-refractivity contribution is 7.80. The van der Waals surface area contributed by atoms with Crippen LogP contribution < -0.4 is 0 Å². The van der Waals surface area contributed by atoms with Crippen molar-refractivity contribution in [3.8, 4) is 0 Å². The molecule has 0 unspecified atom stereocenters. The summed E-state index contributed by atoms with van der Waals surface area (Å²) in [5.74, 6) is 0.514. The van der Waals surface area contributed by atoms with Crippen LogP contribution >= 0.6 is 12.2 Å². The van der Waals surface area contributed by atoms with Crippen molar-refractivity contribution in [3.63, 3.8) is 0 Å². The van der Waals surface area contributed by atoms with Gasteiger partial charge < -0.3 is 5.11 Å². The lowest BCUT2D eigenvalue weighted by Crippen LogP contribution is -2.48. The lowest BCUT2D eigenvalue weighted by molar-refractivity contribution is -0.0681. The van der Waals surface area contributed by atoms with Crippen molar-refractivity contribution < 1.29 is 5.11 Å². The van der Waals surface area contributed by atoms with Crippen LogP contribution in [0, 0.1) is 18.8 Å². The molecule has 2 rings (SSSR count). The van der Waals surface area contributed by atoms with Crippen LogP contribution in [0.1, 0.15) is 45.2 Å². The van der Waals surface area contributed by atoms with Crippen molar-refractivity contribution in [1.82, 2.24) is 5.01 Å². The fraction of sp³-hybridized carbons (Fsp3) is 0.529. The van der Waals surface area contributed by atoms with Gasteiger partial charge in [-0.2, -0.15) is 5.10 Å². The van der Waals surface area contributed by atoms with E-state index in [1.165, 1.54) is 5.56 Å². The predicted molar refractivity (Wildman–Crippen MR) is 91.4 cm³/mol. The van der Waals surface area contributed by atoms with Crippen molar-refractivity contribution in [2.75, 3.05) is 0 Å². The monoisotopic (exact) mass is 304 g/mol. The Morgan fingerprint density at radius 3 is 2.43 bits per heavy atom. The first-order chi connectivity index (χ1) is 9.73. The van der Waals surface area contributed by atoms with Crippen LogP contribution in [0.25, 0.3) is 0 Å². The molecule has 1 aliphatic rings. The topological polar surface area (TPSA) is 35.8 Å². The predicted octanol–water partition coefficient (Wildman–Crippen LogP) is 3.73. The summed E-state index contributed by atoms with van der Waals surface area (Å²) in [5, 5.41) is 17.1. The summed E-state index contributed by atoms with van der Waals surface area (Å²) >= 11 is 5.55. The van der Waals surface area contributed by atoms with Gasteiger partial charge in [-0.3, -0.25) is 0 Å². The minimum atomic E-state index is -1.06. The van der Waals surface area contributed by atoms with Crippen molar-refractivity contribution in [2.24, 2.45) is 16.9 Å². The van der Waals surface area contributed by atoms with Gasteiger partial charge in [-0.05, 0) is 33.1 Å². The average molecular weight is 304 g/mol. The zero-order chi connectivity index (χ0) is 15.8. The van der Waals surface area contributed by atoms with E-state index in [2.05, 4.69) is 18.9 Å². The third-order valence-corrected chi connectivity index (χ3v) is 4.46. The summed E-state index contributed by atoms with van der Waals surface area (Å²) < 4.78 is 0. The first-order valence-electron chi connectivity index (χ1n) is 7.42. The van der Waals surface area contributed by atoms with E-state index in [-0.39, 0.29) is 5.92 Å². The number of hydrogen-bond acceptors (Lipinski definition) is 3. The van der Waals surface area contributed by atoms with Gasteiger partial charge in [0.05, 0.1) is 0 Å². The second-order valence-corrected chi connectivity index (χ2v) is 6.89. The zero-order valence-electron chi connectivity index (χ0n) is 13.4. The quantitative estimate of drug-likeness (QED) is 0.864. The Hall–Kier alpha value is -1.26. The first-order valence-corrected chi connectivity index (χ1v) is 7.83. The molecule has 0 amide bonds. The Labute approximate surface area is 132 Å². The van der Waals surface area contributed by atoms with Gasteiger partial charge in [-0.1, -0.05) is 55.9 Å². The van der Waals surface area contributed by atoms with E-state index in [1.807, 2.05) is 38.1 Å². The lowest BCUT2D eigenvalue weighted by Gasteiger charge is -2.34. The molecule has 4 heteroatoms. The van der Waals surface area contributed by atoms with Gasteiger partial charge in [0.25, 0.3) is 0 Å². The molecule has 0 aliphatic carbocycles. The van der Waals surface area contributed by atoms with Crippen LogP contribution in [0.4, 0.5) is 0 Å². The number of rotatable bonds is 3. The van der Waals surface area contributed by atoms with E-state index in [0.717, 1.165) is 17.7 Å². The zero-order valence-corrected chi connectivity index (χ0v) is 14.2. The van der Waals surface area contributed by atoms with Gasteiger partial charge in [0.1, 0.15) is 4.99 Å². The summed E-state index contributed by atoms with van der Waals surface area (Å²) in [7, 11) is 0. The molecule has 2 atom stereocenters. The van der Waals surface area contributed by atoms with E-state index in [0.29, 0.717) is 10.9 Å². The Morgan fingerprint density at radius 2 is 1.90 bits per heavy atom. The first kappa shape index (κ1) is 16.1. The minimum absolute atomic E-state index is 0.0147. The summed E-state index contributed by atoms with van der Waals surface area (Å²) in [4.78, 5) is 0.575. The van der Waals surface area contributed by atoms with E-state index in [9.17, 15) is 5.11 Å². The maximum atomic E-state index is 10.9. The number of hydrogen-bond donors (Lipinski definition) is 1. The van der Waals surface area contributed by atoms with Gasteiger partial charge in [-0.15, -0.1) is 0 Å². The number of aryl methyl sites for hydroxylation is 1. The van der Waals surface area contributed by atoms with Gasteiger partial charge in [0, 0.05) is 17.2 Å². The molecule has 3 nitrogen and oxygen atoms in total. The van der Waals surface area contributed by atoms with Crippen LogP contribution in [0.2, 0.25) is 0 Å². The van der Waals surface area contributed by atoms with Gasteiger partial charge in [-0.25, -0.2) is 5.01 Å². The second-order valence-electron chi connectivity index (χ2n) is 6.50.